The Morgan fingerprint density at radius 3 is 2.79 bits per heavy atom. The van der Waals surface area contributed by atoms with E-state index in [2.05, 4.69) is 20.7 Å². The molecule has 0 atom stereocenters. The number of aromatic nitrogens is 3. The lowest BCUT2D eigenvalue weighted by Gasteiger charge is -2.03. The summed E-state index contributed by atoms with van der Waals surface area (Å²) in [4.78, 5) is 0. The number of para-hydroxylation sites is 1. The average Bonchev–Trinajstić information content (AvgIpc) is 3.41. The summed E-state index contributed by atoms with van der Waals surface area (Å²) < 4.78 is 24.6. The fraction of sp³-hybridized carbons (Fsp3) is 0.150. The van der Waals surface area contributed by atoms with E-state index in [-0.39, 0.29) is 5.82 Å². The predicted octanol–water partition coefficient (Wildman–Crippen LogP) is 5.25. The van der Waals surface area contributed by atoms with Gasteiger partial charge in [-0.25, -0.2) is 4.39 Å². The van der Waals surface area contributed by atoms with Gasteiger partial charge in [0.1, 0.15) is 23.0 Å². The number of thioether (sulfide) groups is 1. The van der Waals surface area contributed by atoms with Gasteiger partial charge in [-0.2, -0.15) is 0 Å². The first-order chi connectivity index (χ1) is 14.2. The molecule has 0 saturated carbocycles. The van der Waals surface area contributed by atoms with Crippen LogP contribution in [0.4, 0.5) is 9.52 Å². The maximum absolute atomic E-state index is 13.0. The first kappa shape index (κ1) is 19.4. The lowest BCUT2D eigenvalue weighted by molar-refractivity contribution is 0.395. The van der Waals surface area contributed by atoms with Crippen LogP contribution in [-0.2, 0) is 12.3 Å². The number of hydrogen-bond acceptors (Lipinski definition) is 8. The minimum Gasteiger partial charge on any atom is -0.496 e. The summed E-state index contributed by atoms with van der Waals surface area (Å²) in [6.07, 6.45) is 0. The molecule has 0 amide bonds. The van der Waals surface area contributed by atoms with E-state index in [0.29, 0.717) is 17.4 Å². The van der Waals surface area contributed by atoms with Crippen LogP contribution in [0.2, 0.25) is 0 Å². The number of methoxy groups -OCH3 is 1. The van der Waals surface area contributed by atoms with Crippen LogP contribution < -0.4 is 10.1 Å². The molecular weight excluding hydrogens is 411 g/mol. The Hall–Kier alpha value is -2.91. The summed E-state index contributed by atoms with van der Waals surface area (Å²) in [5, 5.41) is 16.4. The third kappa shape index (κ3) is 4.93. The van der Waals surface area contributed by atoms with E-state index in [1.54, 1.807) is 19.2 Å². The Kier molecular flexibility index (Phi) is 6.06. The molecule has 0 bridgehead atoms. The SMILES string of the molecule is COc1ccccc1-c1cc(CSc2nnc(NCc3ccc(F)cc3)s2)on1. The molecule has 6 nitrogen and oxygen atoms in total. The van der Waals surface area contributed by atoms with Crippen LogP contribution in [-0.4, -0.2) is 22.5 Å². The first-order valence-corrected chi connectivity index (χ1v) is 10.5. The van der Waals surface area contributed by atoms with Gasteiger partial charge in [0.05, 0.1) is 12.9 Å². The van der Waals surface area contributed by atoms with Gasteiger partial charge in [0.25, 0.3) is 0 Å². The zero-order chi connectivity index (χ0) is 20.1. The van der Waals surface area contributed by atoms with Crippen molar-refractivity contribution >= 4 is 28.2 Å². The van der Waals surface area contributed by atoms with Crippen molar-refractivity contribution in [3.05, 3.63) is 71.7 Å². The average molecular weight is 429 g/mol. The highest BCUT2D eigenvalue weighted by Crippen LogP contribution is 2.32. The van der Waals surface area contributed by atoms with Gasteiger partial charge in [0.2, 0.25) is 5.13 Å². The van der Waals surface area contributed by atoms with Crippen LogP contribution >= 0.6 is 23.1 Å². The van der Waals surface area contributed by atoms with Crippen LogP contribution in [0.5, 0.6) is 5.75 Å². The predicted molar refractivity (Wildman–Crippen MR) is 112 cm³/mol. The molecule has 4 aromatic rings. The van der Waals surface area contributed by atoms with Crippen LogP contribution in [0.3, 0.4) is 0 Å². The van der Waals surface area contributed by atoms with Crippen LogP contribution in [0.15, 0.2) is 63.5 Å². The van der Waals surface area contributed by atoms with E-state index < -0.39 is 0 Å². The van der Waals surface area contributed by atoms with Crippen LogP contribution in [0.1, 0.15) is 11.3 Å². The topological polar surface area (TPSA) is 73.1 Å². The molecule has 0 radical (unpaired) electrons. The third-order valence-corrected chi connectivity index (χ3v) is 6.08. The molecule has 1 N–H and O–H groups in total. The van der Waals surface area contributed by atoms with Crippen LogP contribution in [0.25, 0.3) is 11.3 Å². The zero-order valence-corrected chi connectivity index (χ0v) is 17.1. The van der Waals surface area contributed by atoms with Crippen molar-refractivity contribution in [1.29, 1.82) is 0 Å². The zero-order valence-electron chi connectivity index (χ0n) is 15.5. The minimum absolute atomic E-state index is 0.246. The number of rotatable bonds is 8. The highest BCUT2D eigenvalue weighted by Gasteiger charge is 2.12. The summed E-state index contributed by atoms with van der Waals surface area (Å²) in [7, 11) is 1.63. The second-order valence-corrected chi connectivity index (χ2v) is 8.22. The van der Waals surface area contributed by atoms with Crippen molar-refractivity contribution < 1.29 is 13.7 Å². The molecule has 4 rings (SSSR count). The quantitative estimate of drug-likeness (QED) is 0.385. The highest BCUT2D eigenvalue weighted by molar-refractivity contribution is 8.00. The first-order valence-electron chi connectivity index (χ1n) is 8.75. The number of benzene rings is 2. The molecule has 0 fully saturated rings. The smallest absolute Gasteiger partial charge is 0.206 e. The van der Waals surface area contributed by atoms with Gasteiger partial charge in [0, 0.05) is 18.2 Å². The summed E-state index contributed by atoms with van der Waals surface area (Å²) in [6.45, 7) is 0.559. The lowest BCUT2D eigenvalue weighted by atomic mass is 10.1. The van der Waals surface area contributed by atoms with Gasteiger partial charge in [-0.15, -0.1) is 10.2 Å². The molecule has 0 spiro atoms. The van der Waals surface area contributed by atoms with Gasteiger partial charge >= 0.3 is 0 Å². The fourth-order valence-corrected chi connectivity index (χ4v) is 4.24. The van der Waals surface area contributed by atoms with Crippen molar-refractivity contribution in [2.75, 3.05) is 12.4 Å². The number of halogens is 1. The maximum atomic E-state index is 13.0. The van der Waals surface area contributed by atoms with E-state index in [9.17, 15) is 4.39 Å². The van der Waals surface area contributed by atoms with E-state index in [4.69, 9.17) is 9.26 Å². The molecule has 29 heavy (non-hydrogen) atoms. The van der Waals surface area contributed by atoms with Crippen molar-refractivity contribution in [3.63, 3.8) is 0 Å². The summed E-state index contributed by atoms with van der Waals surface area (Å²) >= 11 is 2.98. The van der Waals surface area contributed by atoms with Gasteiger partial charge < -0.3 is 14.6 Å². The van der Waals surface area contributed by atoms with E-state index in [1.165, 1.54) is 35.2 Å². The van der Waals surface area contributed by atoms with Gasteiger partial charge in [-0.05, 0) is 29.8 Å². The van der Waals surface area contributed by atoms with E-state index in [1.807, 2.05) is 30.3 Å². The molecular formula is C20H17FN4O2S2. The number of nitrogens with one attached hydrogen (secondary N) is 1. The Balaban J connectivity index is 1.33. The molecule has 0 unspecified atom stereocenters. The number of hydrogen-bond donors (Lipinski definition) is 1. The van der Waals surface area contributed by atoms with Gasteiger partial charge in [0.15, 0.2) is 4.34 Å². The second-order valence-electron chi connectivity index (χ2n) is 6.02. The Labute approximate surface area is 175 Å². The maximum Gasteiger partial charge on any atom is 0.206 e. The number of nitrogens with zero attached hydrogens (tertiary/aromatic N) is 3. The molecule has 2 aromatic carbocycles. The highest BCUT2D eigenvalue weighted by atomic mass is 32.2. The van der Waals surface area contributed by atoms with Gasteiger partial charge in [-0.1, -0.05) is 52.5 Å². The summed E-state index contributed by atoms with van der Waals surface area (Å²) in [5.41, 5.74) is 2.59. The molecule has 0 saturated heterocycles. The Morgan fingerprint density at radius 2 is 1.97 bits per heavy atom. The molecule has 0 aliphatic heterocycles. The van der Waals surface area contributed by atoms with E-state index >= 15 is 0 Å². The standard InChI is InChI=1S/C20H17FN4O2S2/c1-26-18-5-3-2-4-16(18)17-10-15(27-25-17)12-28-20-24-23-19(29-20)22-11-13-6-8-14(21)9-7-13/h2-10H,11-12H2,1H3,(H,22,23). The Bertz CT molecular complexity index is 1080. The number of ether oxygens (including phenoxy) is 1. The summed E-state index contributed by atoms with van der Waals surface area (Å²) in [5.74, 6) is 1.84. The minimum atomic E-state index is -0.246. The molecule has 148 valence electrons. The molecule has 0 aliphatic rings. The van der Waals surface area contributed by atoms with E-state index in [0.717, 1.165) is 32.7 Å². The largest absolute Gasteiger partial charge is 0.496 e. The molecule has 0 aliphatic carbocycles. The van der Waals surface area contributed by atoms with Gasteiger partial charge in [-0.3, -0.25) is 0 Å². The third-order valence-electron chi connectivity index (χ3n) is 4.04. The summed E-state index contributed by atoms with van der Waals surface area (Å²) in [6, 6.07) is 15.9. The monoisotopic (exact) mass is 428 g/mol. The molecule has 2 aromatic heterocycles. The van der Waals surface area contributed by atoms with Crippen LogP contribution in [0, 0.1) is 5.82 Å². The second kappa shape index (κ2) is 9.06. The normalized spacial score (nSPS) is 10.8. The molecule has 2 heterocycles. The Morgan fingerprint density at radius 1 is 1.14 bits per heavy atom. The van der Waals surface area contributed by atoms with Crippen molar-refractivity contribution in [3.8, 4) is 17.0 Å². The van der Waals surface area contributed by atoms with Crippen molar-refractivity contribution in [2.45, 2.75) is 16.6 Å². The van der Waals surface area contributed by atoms with Crippen molar-refractivity contribution in [2.24, 2.45) is 0 Å². The number of anilines is 1. The lowest BCUT2D eigenvalue weighted by Crippen LogP contribution is -1.98. The fourth-order valence-electron chi connectivity index (χ4n) is 2.62. The van der Waals surface area contributed by atoms with Crippen molar-refractivity contribution in [1.82, 2.24) is 15.4 Å². The molecule has 9 heteroatoms.